The molecule has 0 bridgehead atoms. The normalized spacial score (nSPS) is 21.7. The van der Waals surface area contributed by atoms with E-state index in [9.17, 15) is 29.9 Å². The maximum absolute atomic E-state index is 14.9. The number of amides is 1. The van der Waals surface area contributed by atoms with Gasteiger partial charge in [0.05, 0.1) is 17.9 Å². The number of carbonyl (C=O) groups is 1. The van der Waals surface area contributed by atoms with Gasteiger partial charge in [0.15, 0.2) is 5.16 Å². The number of hydrogen-bond donors (Lipinski definition) is 0. The van der Waals surface area contributed by atoms with Gasteiger partial charge in [-0.25, -0.2) is 4.39 Å². The van der Waals surface area contributed by atoms with Gasteiger partial charge in [-0.15, -0.1) is 0 Å². The average molecular weight is 698 g/mol. The molecular formula is C37H40F4N4O2S. The van der Waals surface area contributed by atoms with Crippen molar-refractivity contribution in [3.63, 3.8) is 0 Å². The number of rotatable bonds is 13. The first-order chi connectivity index (χ1) is 29.7. The molecule has 6 nitrogen and oxygen atoms in total. The number of likely N-dealkylation sites (N-methyl/N-ethyl adjacent to an activating group) is 1. The number of aromatic nitrogens is 2. The summed E-state index contributed by atoms with van der Waals surface area (Å²) in [5.41, 5.74) is -8.22. The summed E-state index contributed by atoms with van der Waals surface area (Å²) in [6.45, 7) is -5.98. The summed E-state index contributed by atoms with van der Waals surface area (Å²) >= 11 is 0.640. The molecule has 0 N–H and O–H groups in total. The van der Waals surface area contributed by atoms with Gasteiger partial charge in [-0.05, 0) is 85.1 Å². The summed E-state index contributed by atoms with van der Waals surface area (Å²) in [4.78, 5) is 33.3. The fraction of sp³-hybridized carbons (Fsp3) is 0.378. The summed E-state index contributed by atoms with van der Waals surface area (Å²) in [5.74, 6) is -2.30. The minimum atomic E-state index is -5.19. The summed E-state index contributed by atoms with van der Waals surface area (Å²) < 4.78 is 204. The maximum atomic E-state index is 14.9. The van der Waals surface area contributed by atoms with Crippen molar-refractivity contribution in [1.29, 1.82) is 0 Å². The van der Waals surface area contributed by atoms with Crippen LogP contribution in [0, 0.1) is 12.7 Å². The molecule has 0 radical (unpaired) electrons. The van der Waals surface area contributed by atoms with E-state index >= 15 is 0 Å². The van der Waals surface area contributed by atoms with Gasteiger partial charge in [-0.2, -0.15) is 18.2 Å². The SMILES string of the molecule is [2H]c1c([2H])c(-c2c([2H])c([2H])c(C(F)(F)F)c(C)c2[2H])c([2H])c([2H])c1CN(C(=O)Cn1c(SCc2ccc(F)cc2)nc(=O)c2c1C([2H])([2H])C([2H])([2H])C2([2H])[2H])C([2H])([2H])C([2H])([2H])N(CC)CC. The van der Waals surface area contributed by atoms with E-state index in [4.69, 9.17) is 20.6 Å². The first-order valence-electron chi connectivity index (χ1n) is 23.0. The van der Waals surface area contributed by atoms with E-state index in [2.05, 4.69) is 4.98 Å². The molecule has 0 aliphatic heterocycles. The zero-order valence-electron chi connectivity index (χ0n) is 42.9. The standard InChI is InChI=1S/C37H40F4N4O2S/c1-4-43(5-2)19-20-44(22-26-9-13-28(14-10-26)29-15-18-32(25(3)21-29)37(39,40)41)34(46)23-45-33-8-6-7-31(33)35(47)42-36(45)48-24-27-11-16-30(38)17-12-27/h9-18,21H,4-8,19-20,22-24H2,1-3H3/i6D2,7D2,8D2,9D,10D,13D,14D,15D,18D,19D2,20D2,21D. The third kappa shape index (κ3) is 8.54. The zero-order chi connectivity index (χ0) is 49.5. The monoisotopic (exact) mass is 697 g/mol. The van der Waals surface area contributed by atoms with E-state index in [0.29, 0.717) is 21.9 Å². The molecule has 1 amide bonds. The minimum absolute atomic E-state index is 0.151. The molecule has 254 valence electrons. The van der Waals surface area contributed by atoms with Crippen LogP contribution in [0.4, 0.5) is 17.6 Å². The van der Waals surface area contributed by atoms with Crippen LogP contribution in [0.5, 0.6) is 0 Å². The summed E-state index contributed by atoms with van der Waals surface area (Å²) in [7, 11) is 0. The number of hydrogen-bond acceptors (Lipinski definition) is 5. The second-order valence-electron chi connectivity index (χ2n) is 10.3. The van der Waals surface area contributed by atoms with Crippen LogP contribution in [0.25, 0.3) is 11.1 Å². The van der Waals surface area contributed by atoms with Gasteiger partial charge >= 0.3 is 6.18 Å². The molecule has 1 aliphatic rings. The number of benzene rings is 3. The molecule has 48 heavy (non-hydrogen) atoms. The number of fused-ring (bicyclic) bond motifs is 1. The van der Waals surface area contributed by atoms with Crippen LogP contribution < -0.4 is 5.56 Å². The summed E-state index contributed by atoms with van der Waals surface area (Å²) in [5, 5.41) is -0.539. The first kappa shape index (κ1) is 19.3. The Hall–Kier alpha value is -3.96. The Bertz CT molecular complexity index is 2570. The van der Waals surface area contributed by atoms with Gasteiger partial charge in [0.25, 0.3) is 5.56 Å². The number of halogens is 4. The number of carbonyl (C=O) groups excluding carboxylic acids is 1. The highest BCUT2D eigenvalue weighted by atomic mass is 32.2. The summed E-state index contributed by atoms with van der Waals surface area (Å²) in [6.07, 6.45) is -15.5. The molecule has 5 rings (SSSR count). The van der Waals surface area contributed by atoms with Gasteiger partial charge in [-0.3, -0.25) is 9.59 Å². The molecule has 0 saturated heterocycles. The molecule has 0 fully saturated rings. The van der Waals surface area contributed by atoms with Crippen molar-refractivity contribution in [2.75, 3.05) is 26.1 Å². The van der Waals surface area contributed by atoms with Gasteiger partial charge in [0.1, 0.15) is 12.4 Å². The average Bonchev–Trinajstić information content (AvgIpc) is 3.31. The highest BCUT2D eigenvalue weighted by Gasteiger charge is 2.32. The molecular weight excluding hydrogens is 640 g/mol. The molecule has 11 heteroatoms. The Balaban J connectivity index is 1.77. The maximum Gasteiger partial charge on any atom is 0.416 e. The Morgan fingerprint density at radius 1 is 1.02 bits per heavy atom. The largest absolute Gasteiger partial charge is 0.416 e. The Morgan fingerprint density at radius 2 is 1.71 bits per heavy atom. The minimum Gasteiger partial charge on any atom is -0.336 e. The van der Waals surface area contributed by atoms with Crippen LogP contribution in [0.15, 0.2) is 76.5 Å². The highest BCUT2D eigenvalue weighted by molar-refractivity contribution is 7.98. The molecule has 1 aliphatic carbocycles. The molecule has 0 unspecified atom stereocenters. The summed E-state index contributed by atoms with van der Waals surface area (Å²) in [6, 6.07) is -3.20. The Kier molecular flexibility index (Phi) is 6.23. The van der Waals surface area contributed by atoms with Crippen LogP contribution in [0.1, 0.15) is 77.0 Å². The second-order valence-corrected chi connectivity index (χ2v) is 11.2. The molecule has 3 aromatic carbocycles. The first-order valence-corrected chi connectivity index (χ1v) is 15.5. The van der Waals surface area contributed by atoms with Crippen molar-refractivity contribution < 1.29 is 45.7 Å². The van der Waals surface area contributed by atoms with Gasteiger partial charge in [0, 0.05) is 47.5 Å². The lowest BCUT2D eigenvalue weighted by Gasteiger charge is -2.28. The molecule has 0 saturated carbocycles. The van der Waals surface area contributed by atoms with E-state index in [-0.39, 0.29) is 23.7 Å². The van der Waals surface area contributed by atoms with Crippen molar-refractivity contribution in [3.05, 3.63) is 116 Å². The van der Waals surface area contributed by atoms with Crippen molar-refractivity contribution in [2.24, 2.45) is 0 Å². The number of thioether (sulfide) groups is 1. The smallest absolute Gasteiger partial charge is 0.336 e. The van der Waals surface area contributed by atoms with Crippen molar-refractivity contribution >= 4 is 17.7 Å². The van der Waals surface area contributed by atoms with E-state index < -0.39 is 155 Å². The van der Waals surface area contributed by atoms with Crippen LogP contribution in [0.2, 0.25) is 0 Å². The Morgan fingerprint density at radius 3 is 2.38 bits per heavy atom. The third-order valence-corrected chi connectivity index (χ3v) is 8.07. The molecule has 1 aromatic heterocycles. The van der Waals surface area contributed by atoms with Crippen LogP contribution >= 0.6 is 11.8 Å². The molecule has 4 aromatic rings. The molecule has 0 spiro atoms. The van der Waals surface area contributed by atoms with E-state index in [0.717, 1.165) is 24.0 Å². The van der Waals surface area contributed by atoms with Gasteiger partial charge in [-0.1, -0.05) is 74.0 Å². The predicted molar refractivity (Wildman–Crippen MR) is 181 cm³/mol. The fourth-order valence-corrected chi connectivity index (χ4v) is 5.40. The van der Waals surface area contributed by atoms with E-state index in [1.54, 1.807) is 0 Å². The topological polar surface area (TPSA) is 58.4 Å². The molecule has 0 atom stereocenters. The van der Waals surface area contributed by atoms with Crippen LogP contribution in [-0.4, -0.2) is 51.3 Å². The van der Waals surface area contributed by atoms with Crippen molar-refractivity contribution in [3.8, 4) is 11.1 Å². The van der Waals surface area contributed by atoms with Gasteiger partial charge in [0.2, 0.25) is 5.91 Å². The van der Waals surface area contributed by atoms with Crippen molar-refractivity contribution in [2.45, 2.75) is 70.1 Å². The number of nitrogens with zero attached hydrogens (tertiary/aromatic N) is 4. The van der Waals surface area contributed by atoms with Crippen LogP contribution in [-0.2, 0) is 42.6 Å². The fourth-order valence-electron chi connectivity index (χ4n) is 4.45. The highest BCUT2D eigenvalue weighted by Crippen LogP contribution is 2.34. The zero-order valence-corrected chi connectivity index (χ0v) is 26.7. The van der Waals surface area contributed by atoms with E-state index in [1.165, 1.54) is 26.0 Å². The van der Waals surface area contributed by atoms with E-state index in [1.807, 2.05) is 0 Å². The lowest BCUT2D eigenvalue weighted by molar-refractivity contribution is -0.138. The predicted octanol–water partition coefficient (Wildman–Crippen LogP) is 7.53. The quantitative estimate of drug-likeness (QED) is 0.0822. The number of alkyl halides is 3. The van der Waals surface area contributed by atoms with Crippen LogP contribution in [0.3, 0.4) is 0 Å². The lowest BCUT2D eigenvalue weighted by atomic mass is 9.98. The second kappa shape index (κ2) is 15.5. The molecule has 1 heterocycles. The van der Waals surface area contributed by atoms with Gasteiger partial charge < -0.3 is 14.4 Å². The Labute approximate surface area is 306 Å². The van der Waals surface area contributed by atoms with Crippen molar-refractivity contribution in [1.82, 2.24) is 19.4 Å². The third-order valence-electron chi connectivity index (χ3n) is 7.03. The lowest BCUT2D eigenvalue weighted by Crippen LogP contribution is -2.40.